The topological polar surface area (TPSA) is 76.2 Å². The smallest absolute Gasteiger partial charge is 0.231 e. The van der Waals surface area contributed by atoms with Crippen LogP contribution in [0.5, 0.6) is 11.5 Å². The van der Waals surface area contributed by atoms with Crippen molar-refractivity contribution in [1.29, 1.82) is 0 Å². The molecule has 6 heteroatoms. The van der Waals surface area contributed by atoms with E-state index in [2.05, 4.69) is 21.4 Å². The number of rotatable bonds is 6. The van der Waals surface area contributed by atoms with Crippen LogP contribution in [0.2, 0.25) is 0 Å². The molecular weight excluding hydrogens is 378 g/mol. The van der Waals surface area contributed by atoms with Crippen LogP contribution < -0.4 is 14.8 Å². The number of carbonyl (C=O) groups is 1. The third kappa shape index (κ3) is 3.48. The molecule has 4 aromatic rings. The van der Waals surface area contributed by atoms with Gasteiger partial charge in [-0.15, -0.1) is 0 Å². The van der Waals surface area contributed by atoms with E-state index in [-0.39, 0.29) is 18.6 Å². The van der Waals surface area contributed by atoms with Crippen LogP contribution in [0, 0.1) is 0 Å². The first-order valence-corrected chi connectivity index (χ1v) is 9.90. The maximum Gasteiger partial charge on any atom is 0.231 e. The average Bonchev–Trinajstić information content (AvgIpc) is 3.44. The summed E-state index contributed by atoms with van der Waals surface area (Å²) >= 11 is 0. The van der Waals surface area contributed by atoms with Gasteiger partial charge >= 0.3 is 0 Å². The number of hydrogen-bond acceptors (Lipinski definition) is 4. The van der Waals surface area contributed by atoms with Gasteiger partial charge in [-0.05, 0) is 29.3 Å². The molecule has 1 aliphatic heterocycles. The number of amides is 1. The van der Waals surface area contributed by atoms with E-state index in [4.69, 9.17) is 9.47 Å². The van der Waals surface area contributed by atoms with Crippen molar-refractivity contribution in [3.05, 3.63) is 89.9 Å². The molecule has 1 aliphatic rings. The normalized spacial score (nSPS) is 13.3. The Balaban J connectivity index is 1.48. The van der Waals surface area contributed by atoms with Crippen molar-refractivity contribution in [2.24, 2.45) is 0 Å². The van der Waals surface area contributed by atoms with Crippen LogP contribution in [0.25, 0.3) is 10.9 Å². The second kappa shape index (κ2) is 7.91. The van der Waals surface area contributed by atoms with E-state index in [1.807, 2.05) is 54.7 Å². The Morgan fingerprint density at radius 1 is 1.07 bits per heavy atom. The second-order valence-corrected chi connectivity index (χ2v) is 7.27. The van der Waals surface area contributed by atoms with Gasteiger partial charge in [0.15, 0.2) is 11.5 Å². The van der Waals surface area contributed by atoms with Crippen LogP contribution in [0.1, 0.15) is 29.0 Å². The number of hydrogen-bond donors (Lipinski definition) is 2. The van der Waals surface area contributed by atoms with Crippen LogP contribution in [0.3, 0.4) is 0 Å². The predicted molar refractivity (Wildman–Crippen MR) is 113 cm³/mol. The van der Waals surface area contributed by atoms with Gasteiger partial charge in [0.05, 0.1) is 0 Å². The molecule has 3 heterocycles. The maximum absolute atomic E-state index is 12.9. The number of aromatic amines is 1. The summed E-state index contributed by atoms with van der Waals surface area (Å²) in [6.45, 7) is 0.639. The Morgan fingerprint density at radius 3 is 2.90 bits per heavy atom. The molecular formula is C24H21N3O3. The van der Waals surface area contributed by atoms with Gasteiger partial charge in [-0.1, -0.05) is 36.4 Å². The van der Waals surface area contributed by atoms with Gasteiger partial charge in [0.2, 0.25) is 12.7 Å². The van der Waals surface area contributed by atoms with Crippen LogP contribution >= 0.6 is 0 Å². The molecule has 0 saturated heterocycles. The molecule has 2 N–H and O–H groups in total. The largest absolute Gasteiger partial charge is 0.454 e. The molecule has 150 valence electrons. The summed E-state index contributed by atoms with van der Waals surface area (Å²) in [7, 11) is 0. The zero-order valence-electron chi connectivity index (χ0n) is 16.3. The minimum absolute atomic E-state index is 0.0364. The zero-order chi connectivity index (χ0) is 20.3. The Kier molecular flexibility index (Phi) is 4.81. The highest BCUT2D eigenvalue weighted by Gasteiger charge is 2.28. The van der Waals surface area contributed by atoms with Crippen LogP contribution in [-0.4, -0.2) is 22.7 Å². The Hall–Kier alpha value is -3.80. The van der Waals surface area contributed by atoms with E-state index >= 15 is 0 Å². The Labute approximate surface area is 173 Å². The molecule has 6 nitrogen and oxygen atoms in total. The number of pyridine rings is 1. The third-order valence-corrected chi connectivity index (χ3v) is 5.40. The fraction of sp³-hybridized carbons (Fsp3) is 0.167. The van der Waals surface area contributed by atoms with E-state index in [1.54, 1.807) is 12.4 Å². The first-order chi connectivity index (χ1) is 14.8. The number of nitrogens with one attached hydrogen (secondary N) is 2. The summed E-state index contributed by atoms with van der Waals surface area (Å²) in [6, 6.07) is 17.8. The first-order valence-electron chi connectivity index (χ1n) is 9.90. The number of fused-ring (bicyclic) bond motifs is 2. The predicted octanol–water partition coefficient (Wildman–Crippen LogP) is 4.13. The van der Waals surface area contributed by atoms with Crippen molar-refractivity contribution >= 4 is 16.8 Å². The molecule has 1 amide bonds. The van der Waals surface area contributed by atoms with Crippen LogP contribution in [0.4, 0.5) is 0 Å². The summed E-state index contributed by atoms with van der Waals surface area (Å²) in [5.41, 5.74) is 4.02. The number of H-pyrrole nitrogens is 1. The van der Waals surface area contributed by atoms with E-state index < -0.39 is 0 Å². The highest BCUT2D eigenvalue weighted by Crippen LogP contribution is 2.44. The molecule has 30 heavy (non-hydrogen) atoms. The molecule has 2 aromatic heterocycles. The second-order valence-electron chi connectivity index (χ2n) is 7.27. The molecule has 0 aliphatic carbocycles. The molecule has 0 unspecified atom stereocenters. The van der Waals surface area contributed by atoms with E-state index in [0.717, 1.165) is 27.6 Å². The summed E-state index contributed by atoms with van der Waals surface area (Å²) in [5.74, 6) is 1.22. The SMILES string of the molecule is O=C(C[C@@H](c1cccc2c1OCO2)c1c[nH]c2ccccc12)NCc1cccnc1. The molecule has 5 rings (SSSR count). The maximum atomic E-state index is 12.9. The molecule has 0 radical (unpaired) electrons. The Bertz CT molecular complexity index is 1190. The lowest BCUT2D eigenvalue weighted by Crippen LogP contribution is -2.25. The fourth-order valence-electron chi connectivity index (χ4n) is 3.96. The minimum atomic E-state index is -0.174. The van der Waals surface area contributed by atoms with Gasteiger partial charge in [-0.3, -0.25) is 9.78 Å². The van der Waals surface area contributed by atoms with Crippen molar-refractivity contribution in [1.82, 2.24) is 15.3 Å². The molecule has 0 fully saturated rings. The van der Waals surface area contributed by atoms with Crippen molar-refractivity contribution in [2.75, 3.05) is 6.79 Å². The van der Waals surface area contributed by atoms with Gasteiger partial charge in [0.25, 0.3) is 0 Å². The van der Waals surface area contributed by atoms with E-state index in [1.165, 1.54) is 0 Å². The monoisotopic (exact) mass is 399 g/mol. The average molecular weight is 399 g/mol. The number of carbonyl (C=O) groups excluding carboxylic acids is 1. The Morgan fingerprint density at radius 2 is 2.00 bits per heavy atom. The molecule has 0 saturated carbocycles. The summed E-state index contributed by atoms with van der Waals surface area (Å²) in [6.07, 6.45) is 5.75. The molecule has 2 aromatic carbocycles. The molecule has 0 bridgehead atoms. The lowest BCUT2D eigenvalue weighted by atomic mass is 9.87. The van der Waals surface area contributed by atoms with E-state index in [9.17, 15) is 4.79 Å². The van der Waals surface area contributed by atoms with Gasteiger partial charge < -0.3 is 19.8 Å². The lowest BCUT2D eigenvalue weighted by Gasteiger charge is -2.19. The lowest BCUT2D eigenvalue weighted by molar-refractivity contribution is -0.121. The van der Waals surface area contributed by atoms with Gasteiger partial charge in [-0.25, -0.2) is 0 Å². The fourth-order valence-corrected chi connectivity index (χ4v) is 3.96. The highest BCUT2D eigenvalue weighted by atomic mass is 16.7. The van der Waals surface area contributed by atoms with Crippen molar-refractivity contribution in [3.8, 4) is 11.5 Å². The van der Waals surface area contributed by atoms with Gasteiger partial charge in [-0.2, -0.15) is 0 Å². The van der Waals surface area contributed by atoms with E-state index in [0.29, 0.717) is 24.5 Å². The molecule has 1 atom stereocenters. The number of nitrogens with zero attached hydrogens (tertiary/aromatic N) is 1. The van der Waals surface area contributed by atoms with Gasteiger partial charge in [0, 0.05) is 53.9 Å². The molecule has 0 spiro atoms. The van der Waals surface area contributed by atoms with Gasteiger partial charge in [0.1, 0.15) is 0 Å². The summed E-state index contributed by atoms with van der Waals surface area (Å²) in [5, 5.41) is 4.11. The number of para-hydroxylation sites is 2. The number of benzene rings is 2. The van der Waals surface area contributed by atoms with Crippen LogP contribution in [-0.2, 0) is 11.3 Å². The number of aromatic nitrogens is 2. The summed E-state index contributed by atoms with van der Waals surface area (Å²) in [4.78, 5) is 20.3. The standard InChI is InChI=1S/C24H21N3O3/c28-23(27-13-16-5-4-10-25-12-16)11-19(18-7-3-9-22-24(18)30-15-29-22)20-14-26-21-8-2-1-6-17(20)21/h1-10,12,14,19,26H,11,13,15H2,(H,27,28)/t19-/m0/s1. The van der Waals surface area contributed by atoms with Crippen LogP contribution in [0.15, 0.2) is 73.2 Å². The third-order valence-electron chi connectivity index (χ3n) is 5.40. The number of ether oxygens (including phenoxy) is 2. The summed E-state index contributed by atoms with van der Waals surface area (Å²) < 4.78 is 11.3. The van der Waals surface area contributed by atoms with Crippen molar-refractivity contribution in [2.45, 2.75) is 18.9 Å². The quantitative estimate of drug-likeness (QED) is 0.511. The first kappa shape index (κ1) is 18.2. The highest BCUT2D eigenvalue weighted by molar-refractivity contribution is 5.86. The van der Waals surface area contributed by atoms with Crippen molar-refractivity contribution < 1.29 is 14.3 Å². The zero-order valence-corrected chi connectivity index (χ0v) is 16.3. The minimum Gasteiger partial charge on any atom is -0.454 e. The van der Waals surface area contributed by atoms with Crippen molar-refractivity contribution in [3.63, 3.8) is 0 Å².